The second kappa shape index (κ2) is 5.67. The Bertz CT molecular complexity index is 501. The minimum Gasteiger partial charge on any atom is -0.388 e. The maximum Gasteiger partial charge on any atom is 0.0868 e. The molecule has 0 fully saturated rings. The molecular formula is C14H20N2OS. The summed E-state index contributed by atoms with van der Waals surface area (Å²) in [5, 5.41) is 14.5. The first-order chi connectivity index (χ1) is 8.60. The number of aliphatic hydroxyl groups excluding tert-OH is 1. The highest BCUT2D eigenvalue weighted by Gasteiger charge is 2.13. The molecule has 0 saturated heterocycles. The maximum absolute atomic E-state index is 10.2. The number of nitrogens with zero attached hydrogens (tertiary/aromatic N) is 2. The van der Waals surface area contributed by atoms with Crippen molar-refractivity contribution in [1.82, 2.24) is 9.78 Å². The first kappa shape index (κ1) is 13.3. The van der Waals surface area contributed by atoms with Gasteiger partial charge in [0, 0.05) is 34.0 Å². The number of thiophene rings is 1. The molecule has 2 heterocycles. The van der Waals surface area contributed by atoms with E-state index in [1.165, 1.54) is 9.75 Å². The van der Waals surface area contributed by atoms with Crippen molar-refractivity contribution in [2.24, 2.45) is 0 Å². The Balaban J connectivity index is 2.04. The van der Waals surface area contributed by atoms with Crippen molar-refractivity contribution in [1.29, 1.82) is 0 Å². The molecule has 0 aliphatic rings. The van der Waals surface area contributed by atoms with E-state index in [4.69, 9.17) is 0 Å². The van der Waals surface area contributed by atoms with E-state index in [9.17, 15) is 5.11 Å². The highest BCUT2D eigenvalue weighted by molar-refractivity contribution is 7.11. The maximum atomic E-state index is 10.2. The molecule has 1 unspecified atom stereocenters. The van der Waals surface area contributed by atoms with Crippen molar-refractivity contribution in [3.05, 3.63) is 39.8 Å². The highest BCUT2D eigenvalue weighted by Crippen LogP contribution is 2.24. The fraction of sp³-hybridized carbons (Fsp3) is 0.500. The molecule has 2 aromatic rings. The van der Waals surface area contributed by atoms with E-state index in [0.29, 0.717) is 12.5 Å². The summed E-state index contributed by atoms with van der Waals surface area (Å²) in [4.78, 5) is 2.60. The van der Waals surface area contributed by atoms with Gasteiger partial charge < -0.3 is 5.11 Å². The molecule has 0 aliphatic heterocycles. The van der Waals surface area contributed by atoms with Crippen LogP contribution < -0.4 is 0 Å². The van der Waals surface area contributed by atoms with Crippen molar-refractivity contribution < 1.29 is 5.11 Å². The molecule has 2 rings (SSSR count). The average Bonchev–Trinajstić information content (AvgIpc) is 2.97. The molecule has 4 heteroatoms. The lowest BCUT2D eigenvalue weighted by molar-refractivity contribution is 0.179. The Morgan fingerprint density at radius 2 is 2.06 bits per heavy atom. The van der Waals surface area contributed by atoms with Crippen molar-refractivity contribution in [3.8, 4) is 0 Å². The Labute approximate surface area is 112 Å². The Morgan fingerprint density at radius 3 is 2.61 bits per heavy atom. The zero-order valence-electron chi connectivity index (χ0n) is 11.1. The number of aryl methyl sites for hydroxylation is 1. The minimum atomic E-state index is -0.458. The molecule has 0 amide bonds. The molecule has 0 aromatic carbocycles. The average molecular weight is 264 g/mol. The van der Waals surface area contributed by atoms with Crippen LogP contribution in [0.4, 0.5) is 0 Å². The first-order valence-corrected chi connectivity index (χ1v) is 7.21. The molecule has 1 atom stereocenters. The number of hydrogen-bond acceptors (Lipinski definition) is 3. The van der Waals surface area contributed by atoms with E-state index < -0.39 is 6.10 Å². The molecule has 2 aromatic heterocycles. The predicted octanol–water partition coefficient (Wildman–Crippen LogP) is 3.36. The summed E-state index contributed by atoms with van der Waals surface area (Å²) in [6.45, 7) is 6.31. The first-order valence-electron chi connectivity index (χ1n) is 6.39. The van der Waals surface area contributed by atoms with Crippen LogP contribution in [0.3, 0.4) is 0 Å². The lowest BCUT2D eigenvalue weighted by Crippen LogP contribution is -2.01. The molecule has 0 aliphatic carbocycles. The third-order valence-corrected chi connectivity index (χ3v) is 4.25. The summed E-state index contributed by atoms with van der Waals surface area (Å²) in [5.74, 6) is 0. The summed E-state index contributed by atoms with van der Waals surface area (Å²) in [7, 11) is 0. The van der Waals surface area contributed by atoms with Crippen LogP contribution in [-0.4, -0.2) is 14.9 Å². The van der Waals surface area contributed by atoms with Crippen LogP contribution in [0, 0.1) is 0 Å². The normalized spacial score (nSPS) is 13.2. The van der Waals surface area contributed by atoms with E-state index in [-0.39, 0.29) is 0 Å². The van der Waals surface area contributed by atoms with Crippen LogP contribution in [0.1, 0.15) is 48.2 Å². The van der Waals surface area contributed by atoms with Crippen LogP contribution in [0.25, 0.3) is 0 Å². The van der Waals surface area contributed by atoms with Gasteiger partial charge in [-0.3, -0.25) is 4.68 Å². The van der Waals surface area contributed by atoms with Crippen LogP contribution in [0.5, 0.6) is 0 Å². The van der Waals surface area contributed by atoms with Gasteiger partial charge in [0.05, 0.1) is 12.3 Å². The van der Waals surface area contributed by atoms with Gasteiger partial charge in [-0.05, 0) is 32.4 Å². The molecule has 0 saturated carbocycles. The topological polar surface area (TPSA) is 38.1 Å². The van der Waals surface area contributed by atoms with Crippen molar-refractivity contribution in [2.45, 2.75) is 45.8 Å². The Morgan fingerprint density at radius 1 is 1.33 bits per heavy atom. The largest absolute Gasteiger partial charge is 0.388 e. The van der Waals surface area contributed by atoms with E-state index in [1.54, 1.807) is 17.5 Å². The van der Waals surface area contributed by atoms with Crippen LogP contribution >= 0.6 is 11.3 Å². The Kier molecular flexibility index (Phi) is 4.19. The third kappa shape index (κ3) is 3.00. The number of aromatic nitrogens is 2. The van der Waals surface area contributed by atoms with Gasteiger partial charge in [0.2, 0.25) is 0 Å². The van der Waals surface area contributed by atoms with Crippen molar-refractivity contribution in [3.63, 3.8) is 0 Å². The van der Waals surface area contributed by atoms with Gasteiger partial charge in [-0.15, -0.1) is 11.3 Å². The summed E-state index contributed by atoms with van der Waals surface area (Å²) >= 11 is 1.78. The van der Waals surface area contributed by atoms with E-state index in [2.05, 4.69) is 38.0 Å². The second-order valence-electron chi connectivity index (χ2n) is 4.79. The smallest absolute Gasteiger partial charge is 0.0868 e. The van der Waals surface area contributed by atoms with Crippen molar-refractivity contribution >= 4 is 11.3 Å². The van der Waals surface area contributed by atoms with Gasteiger partial charge in [-0.2, -0.15) is 5.10 Å². The zero-order chi connectivity index (χ0) is 13.1. The quantitative estimate of drug-likeness (QED) is 0.899. The van der Waals surface area contributed by atoms with Gasteiger partial charge >= 0.3 is 0 Å². The number of rotatable bonds is 5. The minimum absolute atomic E-state index is 0.333. The predicted molar refractivity (Wildman–Crippen MR) is 75.0 cm³/mol. The molecule has 18 heavy (non-hydrogen) atoms. The van der Waals surface area contributed by atoms with Gasteiger partial charge in [0.25, 0.3) is 0 Å². The van der Waals surface area contributed by atoms with Crippen LogP contribution in [-0.2, 0) is 12.8 Å². The van der Waals surface area contributed by atoms with Gasteiger partial charge in [0.15, 0.2) is 0 Å². The summed E-state index contributed by atoms with van der Waals surface area (Å²) < 4.78 is 1.88. The van der Waals surface area contributed by atoms with Gasteiger partial charge in [-0.25, -0.2) is 0 Å². The summed E-state index contributed by atoms with van der Waals surface area (Å²) in [6, 6.07) is 4.59. The van der Waals surface area contributed by atoms with E-state index in [0.717, 1.165) is 12.0 Å². The standard InChI is InChI=1S/C14H20N2OS/c1-4-12-5-6-13(18-12)7-14(17)11-8-15-16(9-11)10(2)3/h5-6,8-10,14,17H,4,7H2,1-3H3. The highest BCUT2D eigenvalue weighted by atomic mass is 32.1. The Hall–Kier alpha value is -1.13. The lowest BCUT2D eigenvalue weighted by atomic mass is 10.1. The molecular weight excluding hydrogens is 244 g/mol. The van der Waals surface area contributed by atoms with Crippen molar-refractivity contribution in [2.75, 3.05) is 0 Å². The SMILES string of the molecule is CCc1ccc(CC(O)c2cnn(C(C)C)c2)s1. The van der Waals surface area contributed by atoms with Gasteiger partial charge in [-0.1, -0.05) is 6.92 Å². The number of hydrogen-bond donors (Lipinski definition) is 1. The molecule has 3 nitrogen and oxygen atoms in total. The third-order valence-electron chi connectivity index (χ3n) is 3.00. The molecule has 1 N–H and O–H groups in total. The van der Waals surface area contributed by atoms with E-state index in [1.807, 2.05) is 10.9 Å². The fourth-order valence-electron chi connectivity index (χ4n) is 1.84. The summed E-state index contributed by atoms with van der Waals surface area (Å²) in [5.41, 5.74) is 0.898. The molecule has 0 spiro atoms. The van der Waals surface area contributed by atoms with E-state index >= 15 is 0 Å². The zero-order valence-corrected chi connectivity index (χ0v) is 11.9. The second-order valence-corrected chi connectivity index (χ2v) is 6.04. The van der Waals surface area contributed by atoms with Crippen LogP contribution in [0.15, 0.2) is 24.5 Å². The molecule has 98 valence electrons. The number of aliphatic hydroxyl groups is 1. The lowest BCUT2D eigenvalue weighted by Gasteiger charge is -2.07. The monoisotopic (exact) mass is 264 g/mol. The fourth-order valence-corrected chi connectivity index (χ4v) is 2.83. The molecule has 0 bridgehead atoms. The summed E-state index contributed by atoms with van der Waals surface area (Å²) in [6.07, 6.45) is 4.98. The van der Waals surface area contributed by atoms with Gasteiger partial charge in [0.1, 0.15) is 0 Å². The van der Waals surface area contributed by atoms with Crippen LogP contribution in [0.2, 0.25) is 0 Å². The molecule has 0 radical (unpaired) electrons.